The first kappa shape index (κ1) is 24.5. The molecule has 5 heteroatoms. The number of carbonyl (C=O) groups excluding carboxylic acids is 1. The van der Waals surface area contributed by atoms with Crippen LogP contribution in [0.25, 0.3) is 0 Å². The molecule has 1 amide bonds. The molecule has 0 radical (unpaired) electrons. The Kier molecular flexibility index (Phi) is 7.38. The molecule has 3 aromatic carbocycles. The molecule has 0 spiro atoms. The summed E-state index contributed by atoms with van der Waals surface area (Å²) in [4.78, 5) is 20.1. The summed E-state index contributed by atoms with van der Waals surface area (Å²) in [5, 5.41) is 0. The van der Waals surface area contributed by atoms with Gasteiger partial charge in [-0.2, -0.15) is 0 Å². The summed E-state index contributed by atoms with van der Waals surface area (Å²) in [5.74, 6) is 0.294. The fourth-order valence-corrected chi connectivity index (χ4v) is 5.80. The average molecular weight is 486 g/mol. The molecule has 0 saturated carbocycles. The Morgan fingerprint density at radius 3 is 2.31 bits per heavy atom. The fraction of sp³-hybridized carbons (Fsp3) is 0.387. The number of benzene rings is 3. The van der Waals surface area contributed by atoms with Crippen molar-refractivity contribution in [3.05, 3.63) is 101 Å². The summed E-state index contributed by atoms with van der Waals surface area (Å²) in [7, 11) is 4.15. The Morgan fingerprint density at radius 2 is 1.61 bits per heavy atom. The van der Waals surface area contributed by atoms with E-state index in [9.17, 15) is 9.18 Å². The number of hydrogen-bond acceptors (Lipinski definition) is 3. The average Bonchev–Trinajstić information content (AvgIpc) is 2.92. The summed E-state index contributed by atoms with van der Waals surface area (Å²) in [6.45, 7) is 3.84. The summed E-state index contributed by atoms with van der Waals surface area (Å²) >= 11 is 0. The van der Waals surface area contributed by atoms with E-state index in [-0.39, 0.29) is 17.8 Å². The van der Waals surface area contributed by atoms with E-state index in [1.165, 1.54) is 47.4 Å². The topological polar surface area (TPSA) is 26.8 Å². The minimum atomic E-state index is -0.316. The van der Waals surface area contributed by atoms with Crippen molar-refractivity contribution in [2.75, 3.05) is 45.2 Å². The van der Waals surface area contributed by atoms with Crippen molar-refractivity contribution in [1.82, 2.24) is 9.80 Å². The fourth-order valence-electron chi connectivity index (χ4n) is 5.80. The van der Waals surface area contributed by atoms with Gasteiger partial charge in [-0.3, -0.25) is 4.79 Å². The Bertz CT molecular complexity index is 1170. The Hall–Kier alpha value is -3.18. The SMILES string of the molecule is CN(C)c1ccc(C2CCN(CCC3c4ccccc4CCN3C(=O)c3ccc(F)cc3)CC2)cc1. The lowest BCUT2D eigenvalue weighted by atomic mass is 9.88. The van der Waals surface area contributed by atoms with Crippen LogP contribution in [-0.2, 0) is 6.42 Å². The molecular weight excluding hydrogens is 449 g/mol. The number of fused-ring (bicyclic) bond motifs is 1. The second-order valence-corrected chi connectivity index (χ2v) is 10.4. The van der Waals surface area contributed by atoms with Crippen LogP contribution in [-0.4, -0.2) is 56.0 Å². The molecule has 0 N–H and O–H groups in total. The maximum absolute atomic E-state index is 13.4. The highest BCUT2D eigenvalue weighted by molar-refractivity contribution is 5.94. The maximum atomic E-state index is 13.4. The quantitative estimate of drug-likeness (QED) is 0.435. The molecule has 3 aromatic rings. The van der Waals surface area contributed by atoms with Crippen LogP contribution in [0.15, 0.2) is 72.8 Å². The number of rotatable bonds is 6. The summed E-state index contributed by atoms with van der Waals surface area (Å²) in [6.07, 6.45) is 4.10. The Labute approximate surface area is 214 Å². The number of nitrogens with zero attached hydrogens (tertiary/aromatic N) is 3. The van der Waals surface area contributed by atoms with Crippen LogP contribution >= 0.6 is 0 Å². The molecule has 1 atom stereocenters. The van der Waals surface area contributed by atoms with E-state index in [2.05, 4.69) is 72.4 Å². The van der Waals surface area contributed by atoms with Gasteiger partial charge in [-0.05, 0) is 97.8 Å². The molecule has 1 fully saturated rings. The number of hydrogen-bond donors (Lipinski definition) is 0. The highest BCUT2D eigenvalue weighted by Gasteiger charge is 2.32. The van der Waals surface area contributed by atoms with Gasteiger partial charge in [0.1, 0.15) is 5.82 Å². The smallest absolute Gasteiger partial charge is 0.254 e. The Balaban J connectivity index is 1.24. The van der Waals surface area contributed by atoms with Gasteiger partial charge in [0, 0.05) is 38.4 Å². The van der Waals surface area contributed by atoms with Crippen molar-refractivity contribution in [3.63, 3.8) is 0 Å². The molecule has 0 aromatic heterocycles. The number of halogens is 1. The van der Waals surface area contributed by atoms with Crippen molar-refractivity contribution < 1.29 is 9.18 Å². The van der Waals surface area contributed by atoms with Crippen LogP contribution in [0, 0.1) is 5.82 Å². The van der Waals surface area contributed by atoms with Crippen molar-refractivity contribution in [2.24, 2.45) is 0 Å². The van der Waals surface area contributed by atoms with Crippen LogP contribution in [0.2, 0.25) is 0 Å². The van der Waals surface area contributed by atoms with Crippen LogP contribution in [0.3, 0.4) is 0 Å². The monoisotopic (exact) mass is 485 g/mol. The number of carbonyl (C=O) groups is 1. The third-order valence-corrected chi connectivity index (χ3v) is 7.95. The van der Waals surface area contributed by atoms with Gasteiger partial charge in [0.25, 0.3) is 5.91 Å². The molecule has 1 unspecified atom stereocenters. The molecule has 1 saturated heterocycles. The highest BCUT2D eigenvalue weighted by atomic mass is 19.1. The largest absolute Gasteiger partial charge is 0.378 e. The summed E-state index contributed by atoms with van der Waals surface area (Å²) in [6, 6.07) is 23.5. The lowest BCUT2D eigenvalue weighted by Gasteiger charge is -2.39. The second kappa shape index (κ2) is 10.8. The number of likely N-dealkylation sites (tertiary alicyclic amines) is 1. The highest BCUT2D eigenvalue weighted by Crippen LogP contribution is 2.35. The summed E-state index contributed by atoms with van der Waals surface area (Å²) in [5.41, 5.74) is 5.84. The third-order valence-electron chi connectivity index (χ3n) is 7.95. The van der Waals surface area contributed by atoms with Crippen molar-refractivity contribution in [3.8, 4) is 0 Å². The number of piperidine rings is 1. The van der Waals surface area contributed by atoms with Gasteiger partial charge < -0.3 is 14.7 Å². The van der Waals surface area contributed by atoms with E-state index in [0.717, 1.165) is 32.5 Å². The molecular formula is C31H36FN3O. The zero-order valence-electron chi connectivity index (χ0n) is 21.4. The van der Waals surface area contributed by atoms with E-state index in [4.69, 9.17) is 0 Å². The van der Waals surface area contributed by atoms with Crippen LogP contribution in [0.5, 0.6) is 0 Å². The first-order valence-electron chi connectivity index (χ1n) is 13.1. The molecule has 0 bridgehead atoms. The normalized spacial score (nSPS) is 18.6. The molecule has 0 aliphatic carbocycles. The zero-order chi connectivity index (χ0) is 25.1. The standard InChI is InChI=1S/C31H36FN3O/c1-33(2)28-13-9-23(10-14-28)24-15-19-34(20-16-24)21-18-30-29-6-4-3-5-25(29)17-22-35(30)31(36)26-7-11-27(32)12-8-26/h3-14,24,30H,15-22H2,1-2H3. The predicted molar refractivity (Wildman–Crippen MR) is 144 cm³/mol. The van der Waals surface area contributed by atoms with Gasteiger partial charge in [-0.25, -0.2) is 4.39 Å². The maximum Gasteiger partial charge on any atom is 0.254 e. The number of anilines is 1. The van der Waals surface area contributed by atoms with E-state index in [1.54, 1.807) is 12.1 Å². The molecule has 188 valence electrons. The van der Waals surface area contributed by atoms with Gasteiger partial charge in [-0.1, -0.05) is 36.4 Å². The minimum absolute atomic E-state index is 0.00520. The third kappa shape index (κ3) is 5.31. The lowest BCUT2D eigenvalue weighted by molar-refractivity contribution is 0.0630. The van der Waals surface area contributed by atoms with Gasteiger partial charge >= 0.3 is 0 Å². The van der Waals surface area contributed by atoms with E-state index >= 15 is 0 Å². The van der Waals surface area contributed by atoms with Gasteiger partial charge in [0.05, 0.1) is 6.04 Å². The van der Waals surface area contributed by atoms with E-state index in [0.29, 0.717) is 18.0 Å². The minimum Gasteiger partial charge on any atom is -0.378 e. The second-order valence-electron chi connectivity index (χ2n) is 10.4. The number of amides is 1. The summed E-state index contributed by atoms with van der Waals surface area (Å²) < 4.78 is 13.4. The van der Waals surface area contributed by atoms with Crippen molar-refractivity contribution >= 4 is 11.6 Å². The van der Waals surface area contributed by atoms with Crippen LogP contribution in [0.4, 0.5) is 10.1 Å². The van der Waals surface area contributed by atoms with Crippen molar-refractivity contribution in [1.29, 1.82) is 0 Å². The van der Waals surface area contributed by atoms with Crippen LogP contribution < -0.4 is 4.90 Å². The van der Waals surface area contributed by atoms with E-state index < -0.39 is 0 Å². The molecule has 2 aliphatic rings. The Morgan fingerprint density at radius 1 is 0.917 bits per heavy atom. The predicted octanol–water partition coefficient (Wildman–Crippen LogP) is 5.90. The van der Waals surface area contributed by atoms with E-state index in [1.807, 2.05) is 4.90 Å². The van der Waals surface area contributed by atoms with Gasteiger partial charge in [0.15, 0.2) is 0 Å². The lowest BCUT2D eigenvalue weighted by Crippen LogP contribution is -2.42. The zero-order valence-corrected chi connectivity index (χ0v) is 21.4. The molecule has 2 heterocycles. The molecule has 36 heavy (non-hydrogen) atoms. The molecule has 4 nitrogen and oxygen atoms in total. The van der Waals surface area contributed by atoms with Crippen molar-refractivity contribution in [2.45, 2.75) is 37.6 Å². The van der Waals surface area contributed by atoms with Gasteiger partial charge in [-0.15, -0.1) is 0 Å². The van der Waals surface area contributed by atoms with Crippen LogP contribution in [0.1, 0.15) is 58.3 Å². The molecule has 2 aliphatic heterocycles. The molecule has 5 rings (SSSR count). The first-order valence-corrected chi connectivity index (χ1v) is 13.1. The van der Waals surface area contributed by atoms with Gasteiger partial charge in [0.2, 0.25) is 0 Å². The first-order chi connectivity index (χ1) is 17.5.